The molecular formula is C27H35N7O2S3. The predicted octanol–water partition coefficient (Wildman–Crippen LogP) is 6.25. The fraction of sp³-hybridized carbons (Fsp3) is 0.370. The average Bonchev–Trinajstić information content (AvgIpc) is 3.49. The van der Waals surface area contributed by atoms with Gasteiger partial charge >= 0.3 is 0 Å². The van der Waals surface area contributed by atoms with Crippen molar-refractivity contribution in [2.75, 3.05) is 32.6 Å². The van der Waals surface area contributed by atoms with Crippen LogP contribution in [-0.2, 0) is 4.79 Å². The van der Waals surface area contributed by atoms with Gasteiger partial charge in [0.05, 0.1) is 5.57 Å². The first-order valence-corrected chi connectivity index (χ1v) is 14.9. The quantitative estimate of drug-likeness (QED) is 0.137. The van der Waals surface area contributed by atoms with Crippen molar-refractivity contribution in [3.63, 3.8) is 0 Å². The van der Waals surface area contributed by atoms with Crippen molar-refractivity contribution in [1.29, 1.82) is 0 Å². The zero-order chi connectivity index (χ0) is 28.4. The lowest BCUT2D eigenvalue weighted by molar-refractivity contribution is -0.112. The number of carbonyl (C=O) groups is 1. The lowest BCUT2D eigenvalue weighted by Crippen LogP contribution is -2.19. The van der Waals surface area contributed by atoms with Crippen LogP contribution in [-0.4, -0.2) is 62.6 Å². The van der Waals surface area contributed by atoms with Crippen LogP contribution in [0, 0.1) is 13.8 Å². The molecule has 0 radical (unpaired) electrons. The van der Waals surface area contributed by atoms with Crippen molar-refractivity contribution in [3.05, 3.63) is 69.0 Å². The maximum atomic E-state index is 13.6. The molecule has 9 nitrogen and oxygen atoms in total. The summed E-state index contributed by atoms with van der Waals surface area (Å²) in [7, 11) is 4.04. The van der Waals surface area contributed by atoms with Gasteiger partial charge in [-0.05, 0) is 83.5 Å². The zero-order valence-corrected chi connectivity index (χ0v) is 25.8. The number of aryl methyl sites for hydroxylation is 2. The number of nitrogens with one attached hydrogen (secondary N) is 2. The lowest BCUT2D eigenvalue weighted by atomic mass is 10.1. The summed E-state index contributed by atoms with van der Waals surface area (Å²) in [6, 6.07) is 7.93. The minimum Gasteiger partial charge on any atom is -0.492 e. The summed E-state index contributed by atoms with van der Waals surface area (Å²) < 4.78 is 10.0. The summed E-state index contributed by atoms with van der Waals surface area (Å²) in [5.74, 6) is 1.99. The molecule has 2 heterocycles. The minimum atomic E-state index is -0.212. The van der Waals surface area contributed by atoms with Gasteiger partial charge in [0.25, 0.3) is 5.91 Å². The lowest BCUT2D eigenvalue weighted by Gasteiger charge is -2.15. The molecule has 1 aromatic carbocycles. The van der Waals surface area contributed by atoms with Crippen LogP contribution >= 0.6 is 35.1 Å². The van der Waals surface area contributed by atoms with E-state index in [0.29, 0.717) is 28.3 Å². The molecule has 0 atom stereocenters. The van der Waals surface area contributed by atoms with Gasteiger partial charge in [-0.1, -0.05) is 42.1 Å². The van der Waals surface area contributed by atoms with Gasteiger partial charge in [-0.2, -0.15) is 4.37 Å². The number of carbonyl (C=O) groups excluding carboxylic acids is 1. The molecule has 0 spiro atoms. The molecule has 0 aliphatic heterocycles. The van der Waals surface area contributed by atoms with Crippen molar-refractivity contribution >= 4 is 46.1 Å². The first kappa shape index (κ1) is 30.6. The predicted molar refractivity (Wildman–Crippen MR) is 161 cm³/mol. The van der Waals surface area contributed by atoms with Crippen LogP contribution in [0.4, 0.5) is 5.13 Å². The van der Waals surface area contributed by atoms with Crippen molar-refractivity contribution in [2.45, 2.75) is 51.1 Å². The number of likely N-dealkylation sites (N-methyl/N-ethyl adjacent to an activating group) is 1. The molecule has 0 fully saturated rings. The number of allylic oxidation sites excluding steroid dienone is 4. The number of aromatic amines is 1. The van der Waals surface area contributed by atoms with Crippen LogP contribution in [0.2, 0.25) is 0 Å². The van der Waals surface area contributed by atoms with Gasteiger partial charge < -0.3 is 9.64 Å². The molecule has 0 aliphatic carbocycles. The van der Waals surface area contributed by atoms with Crippen molar-refractivity contribution < 1.29 is 9.53 Å². The Balaban J connectivity index is 1.90. The fourth-order valence-corrected chi connectivity index (χ4v) is 5.48. The summed E-state index contributed by atoms with van der Waals surface area (Å²) in [4.78, 5) is 27.1. The second kappa shape index (κ2) is 15.0. The third-order valence-corrected chi connectivity index (χ3v) is 7.95. The van der Waals surface area contributed by atoms with E-state index in [9.17, 15) is 4.79 Å². The largest absolute Gasteiger partial charge is 0.492 e. The van der Waals surface area contributed by atoms with Gasteiger partial charge in [-0.3, -0.25) is 15.2 Å². The second-order valence-corrected chi connectivity index (χ2v) is 12.0. The topological polar surface area (TPSA) is 109 Å². The second-order valence-electron chi connectivity index (χ2n) is 8.95. The van der Waals surface area contributed by atoms with Crippen LogP contribution < -0.4 is 10.1 Å². The van der Waals surface area contributed by atoms with Crippen molar-refractivity contribution in [1.82, 2.24) is 29.4 Å². The summed E-state index contributed by atoms with van der Waals surface area (Å²) >= 11 is 4.16. The number of aromatic nitrogens is 5. The van der Waals surface area contributed by atoms with Crippen LogP contribution in [0.1, 0.15) is 38.8 Å². The number of hydrogen-bond donors (Lipinski definition) is 2. The van der Waals surface area contributed by atoms with E-state index in [4.69, 9.17) is 4.74 Å². The molecule has 0 saturated heterocycles. The number of amides is 1. The maximum Gasteiger partial charge on any atom is 0.258 e. The molecule has 0 aliphatic rings. The first-order chi connectivity index (χ1) is 18.6. The summed E-state index contributed by atoms with van der Waals surface area (Å²) in [6.45, 7) is 11.1. The van der Waals surface area contributed by atoms with E-state index in [-0.39, 0.29) is 5.91 Å². The third kappa shape index (κ3) is 9.95. The van der Waals surface area contributed by atoms with E-state index in [0.717, 1.165) is 44.8 Å². The van der Waals surface area contributed by atoms with E-state index in [1.807, 2.05) is 78.2 Å². The summed E-state index contributed by atoms with van der Waals surface area (Å²) in [5, 5.41) is 11.1. The number of hydrogen-bond acceptors (Lipinski definition) is 10. The van der Waals surface area contributed by atoms with Crippen molar-refractivity contribution in [2.24, 2.45) is 0 Å². The molecule has 0 unspecified atom stereocenters. The Morgan fingerprint density at radius 2 is 1.87 bits per heavy atom. The minimum absolute atomic E-state index is 0.212. The standard InChI is InChI=1S/C27H35N7O2S3/c1-8-17(2)24(25(35)30-26-29-20(5)33-39-26)23(14-9-18(3)37-27-28-19(4)31-32-27)38-22-12-10-21(11-13-22)36-16-15-34(6)7/h9-14H,8,15-16H2,1-7H3,(H,28,31,32)(H,29,30,33,35)/b18-9+,23-14+,24-17?. The molecule has 3 aromatic rings. The van der Waals surface area contributed by atoms with Crippen molar-refractivity contribution in [3.8, 4) is 5.75 Å². The number of benzene rings is 1. The molecular weight excluding hydrogens is 551 g/mol. The van der Waals surface area contributed by atoms with Gasteiger partial charge in [0.15, 0.2) is 0 Å². The van der Waals surface area contributed by atoms with Gasteiger partial charge in [-0.25, -0.2) is 9.97 Å². The summed E-state index contributed by atoms with van der Waals surface area (Å²) in [6.07, 6.45) is 4.69. The Kier molecular flexibility index (Phi) is 11.8. The van der Waals surface area contributed by atoms with E-state index in [1.165, 1.54) is 35.1 Å². The van der Waals surface area contributed by atoms with Gasteiger partial charge in [0, 0.05) is 27.9 Å². The molecule has 0 saturated carbocycles. The Morgan fingerprint density at radius 3 is 2.46 bits per heavy atom. The van der Waals surface area contributed by atoms with Gasteiger partial charge in [-0.15, -0.1) is 5.10 Å². The Bertz CT molecular complexity index is 1340. The number of rotatable bonds is 13. The summed E-state index contributed by atoms with van der Waals surface area (Å²) in [5.41, 5.74) is 1.59. The highest BCUT2D eigenvalue weighted by molar-refractivity contribution is 8.03. The Morgan fingerprint density at radius 1 is 1.13 bits per heavy atom. The first-order valence-electron chi connectivity index (χ1n) is 12.5. The molecule has 1 amide bonds. The van der Waals surface area contributed by atoms with Crippen LogP contribution in [0.25, 0.3) is 0 Å². The van der Waals surface area contributed by atoms with E-state index in [2.05, 4.69) is 34.8 Å². The highest BCUT2D eigenvalue weighted by atomic mass is 32.2. The molecule has 2 N–H and O–H groups in total. The average molecular weight is 586 g/mol. The number of ether oxygens (including phenoxy) is 1. The highest BCUT2D eigenvalue weighted by Crippen LogP contribution is 2.36. The van der Waals surface area contributed by atoms with Crippen LogP contribution in [0.5, 0.6) is 5.75 Å². The molecule has 2 aromatic heterocycles. The molecule has 3 rings (SSSR count). The SMILES string of the molecule is CCC(C)=C(C(=O)Nc1nc(C)ns1)/C(=C\C=C(/C)Sc1n[nH]c(C)n1)Sc1ccc(OCCN(C)C)cc1. The molecule has 208 valence electrons. The normalized spacial score (nSPS) is 13.0. The van der Waals surface area contributed by atoms with E-state index in [1.54, 1.807) is 6.92 Å². The van der Waals surface area contributed by atoms with Crippen LogP contribution in [0.3, 0.4) is 0 Å². The van der Waals surface area contributed by atoms with Gasteiger partial charge in [0.1, 0.15) is 24.0 Å². The van der Waals surface area contributed by atoms with Gasteiger partial charge in [0.2, 0.25) is 10.3 Å². The molecule has 0 bridgehead atoms. The molecule has 12 heteroatoms. The monoisotopic (exact) mass is 585 g/mol. The highest BCUT2D eigenvalue weighted by Gasteiger charge is 2.20. The Labute approximate surface area is 242 Å². The maximum absolute atomic E-state index is 13.6. The number of nitrogens with zero attached hydrogens (tertiary/aromatic N) is 5. The fourth-order valence-electron chi connectivity index (χ4n) is 3.18. The molecule has 39 heavy (non-hydrogen) atoms. The zero-order valence-electron chi connectivity index (χ0n) is 23.4. The number of thioether (sulfide) groups is 2. The smallest absolute Gasteiger partial charge is 0.258 e. The number of H-pyrrole nitrogens is 1. The van der Waals surface area contributed by atoms with E-state index >= 15 is 0 Å². The Hall–Kier alpha value is -2.93. The third-order valence-electron chi connectivity index (χ3n) is 5.34. The number of anilines is 1. The van der Waals surface area contributed by atoms with Crippen LogP contribution in [0.15, 0.2) is 67.4 Å². The van der Waals surface area contributed by atoms with E-state index < -0.39 is 0 Å².